The van der Waals surface area contributed by atoms with Crippen LogP contribution in [0.2, 0.25) is 0 Å². The molecule has 6 nitrogen and oxygen atoms in total. The number of carboxylic acid groups (broad SMARTS) is 1. The lowest BCUT2D eigenvalue weighted by atomic mass is 9.87. The van der Waals surface area contributed by atoms with E-state index in [1.807, 2.05) is 6.07 Å². The molecule has 1 rings (SSSR count). The van der Waals surface area contributed by atoms with Crippen LogP contribution in [0.5, 0.6) is 0 Å². The van der Waals surface area contributed by atoms with Crippen LogP contribution < -0.4 is 5.32 Å². The van der Waals surface area contributed by atoms with Gasteiger partial charge in [0, 0.05) is 0 Å². The number of esters is 1. The minimum absolute atomic E-state index is 0.0413. The van der Waals surface area contributed by atoms with Crippen LogP contribution in [0, 0.1) is 5.41 Å². The van der Waals surface area contributed by atoms with Gasteiger partial charge in [-0.1, -0.05) is 51.1 Å². The van der Waals surface area contributed by atoms with Crippen molar-refractivity contribution in [3.05, 3.63) is 35.9 Å². The average molecular weight is 293 g/mol. The summed E-state index contributed by atoms with van der Waals surface area (Å²) in [5.74, 6) is -3.37. The van der Waals surface area contributed by atoms with Crippen molar-refractivity contribution in [1.82, 2.24) is 5.32 Å². The summed E-state index contributed by atoms with van der Waals surface area (Å²) in [5, 5.41) is 11.3. The molecule has 0 fully saturated rings. The zero-order valence-corrected chi connectivity index (χ0v) is 12.3. The summed E-state index contributed by atoms with van der Waals surface area (Å²) in [7, 11) is 0. The monoisotopic (exact) mass is 293 g/mol. The second-order valence-corrected chi connectivity index (χ2v) is 5.67. The first-order chi connectivity index (χ1) is 9.71. The predicted octanol–water partition coefficient (Wildman–Crippen LogP) is 1.35. The largest absolute Gasteiger partial charge is 0.480 e. The molecule has 1 atom stereocenters. The summed E-state index contributed by atoms with van der Waals surface area (Å²) in [6, 6.07) is 7.71. The Morgan fingerprint density at radius 3 is 2.24 bits per heavy atom. The van der Waals surface area contributed by atoms with E-state index in [0.717, 1.165) is 5.56 Å². The van der Waals surface area contributed by atoms with Gasteiger partial charge in [0.15, 0.2) is 0 Å². The Labute approximate surface area is 123 Å². The van der Waals surface area contributed by atoms with Gasteiger partial charge in [-0.15, -0.1) is 0 Å². The van der Waals surface area contributed by atoms with Crippen LogP contribution in [-0.4, -0.2) is 29.0 Å². The predicted molar refractivity (Wildman–Crippen MR) is 75.3 cm³/mol. The number of carboxylic acids is 1. The van der Waals surface area contributed by atoms with Gasteiger partial charge in [-0.3, -0.25) is 4.79 Å². The first kappa shape index (κ1) is 16.7. The summed E-state index contributed by atoms with van der Waals surface area (Å²) in [5.41, 5.74) is 0.0190. The van der Waals surface area contributed by atoms with Crippen molar-refractivity contribution in [3.8, 4) is 0 Å². The third-order valence-electron chi connectivity index (χ3n) is 2.79. The van der Waals surface area contributed by atoms with E-state index in [9.17, 15) is 14.4 Å². The first-order valence-corrected chi connectivity index (χ1v) is 6.46. The molecule has 0 bridgehead atoms. The molecule has 114 valence electrons. The minimum Gasteiger partial charge on any atom is -0.480 e. The van der Waals surface area contributed by atoms with Crippen LogP contribution in [0.25, 0.3) is 0 Å². The molecule has 0 spiro atoms. The molecule has 0 saturated carbocycles. The summed E-state index contributed by atoms with van der Waals surface area (Å²) >= 11 is 0. The standard InChI is InChI=1S/C15H19NO5/c1-15(2,3)11(13(18)19)16-12(17)14(20)21-9-10-7-5-4-6-8-10/h4-8,11H,9H2,1-3H3,(H,16,17)(H,18,19)/t11-/m1/s1. The van der Waals surface area contributed by atoms with Crippen LogP contribution in [0.1, 0.15) is 26.3 Å². The lowest BCUT2D eigenvalue weighted by molar-refractivity contribution is -0.158. The number of hydrogen-bond donors (Lipinski definition) is 2. The van der Waals surface area contributed by atoms with E-state index >= 15 is 0 Å². The van der Waals surface area contributed by atoms with Crippen molar-refractivity contribution in [2.75, 3.05) is 0 Å². The van der Waals surface area contributed by atoms with Gasteiger partial charge < -0.3 is 15.2 Å². The van der Waals surface area contributed by atoms with Crippen molar-refractivity contribution in [2.24, 2.45) is 5.41 Å². The van der Waals surface area contributed by atoms with Crippen molar-refractivity contribution < 1.29 is 24.2 Å². The van der Waals surface area contributed by atoms with Crippen LogP contribution in [-0.2, 0) is 25.7 Å². The van der Waals surface area contributed by atoms with E-state index in [1.165, 1.54) is 0 Å². The van der Waals surface area contributed by atoms with Crippen molar-refractivity contribution in [2.45, 2.75) is 33.4 Å². The molecule has 0 saturated heterocycles. The molecule has 2 N–H and O–H groups in total. The van der Waals surface area contributed by atoms with Crippen LogP contribution in [0.15, 0.2) is 30.3 Å². The molecule has 0 aliphatic carbocycles. The minimum atomic E-state index is -1.20. The average Bonchev–Trinajstić information content (AvgIpc) is 2.41. The van der Waals surface area contributed by atoms with Crippen molar-refractivity contribution >= 4 is 17.8 Å². The number of benzene rings is 1. The second-order valence-electron chi connectivity index (χ2n) is 5.67. The quantitative estimate of drug-likeness (QED) is 0.645. The molecule has 0 radical (unpaired) electrons. The smallest absolute Gasteiger partial charge is 0.397 e. The van der Waals surface area contributed by atoms with E-state index in [0.29, 0.717) is 0 Å². The molecule has 0 aliphatic heterocycles. The first-order valence-electron chi connectivity index (χ1n) is 6.46. The summed E-state index contributed by atoms with van der Waals surface area (Å²) < 4.78 is 4.84. The fourth-order valence-electron chi connectivity index (χ4n) is 1.63. The fraction of sp³-hybridized carbons (Fsp3) is 0.400. The van der Waals surface area contributed by atoms with Crippen LogP contribution in [0.3, 0.4) is 0 Å². The normalized spacial score (nSPS) is 12.3. The van der Waals surface area contributed by atoms with E-state index < -0.39 is 29.3 Å². The van der Waals surface area contributed by atoms with Gasteiger partial charge in [0.1, 0.15) is 12.6 Å². The summed E-state index contributed by atoms with van der Waals surface area (Å²) in [6.45, 7) is 4.92. The highest BCUT2D eigenvalue weighted by molar-refractivity contribution is 6.32. The Hall–Kier alpha value is -2.37. The number of ether oxygens (including phenoxy) is 1. The van der Waals surface area contributed by atoms with Crippen molar-refractivity contribution in [1.29, 1.82) is 0 Å². The van der Waals surface area contributed by atoms with Crippen molar-refractivity contribution in [3.63, 3.8) is 0 Å². The molecule has 0 unspecified atom stereocenters. The van der Waals surface area contributed by atoms with Gasteiger partial charge in [-0.2, -0.15) is 0 Å². The van der Waals surface area contributed by atoms with E-state index in [2.05, 4.69) is 5.32 Å². The molecular formula is C15H19NO5. The zero-order chi connectivity index (χ0) is 16.0. The maximum atomic E-state index is 11.7. The zero-order valence-electron chi connectivity index (χ0n) is 12.3. The Morgan fingerprint density at radius 2 is 1.76 bits per heavy atom. The molecule has 6 heteroatoms. The third kappa shape index (κ3) is 5.25. The highest BCUT2D eigenvalue weighted by Gasteiger charge is 2.34. The molecule has 21 heavy (non-hydrogen) atoms. The Morgan fingerprint density at radius 1 is 1.19 bits per heavy atom. The van der Waals surface area contributed by atoms with Crippen LogP contribution >= 0.6 is 0 Å². The van der Waals surface area contributed by atoms with Gasteiger partial charge in [-0.25, -0.2) is 9.59 Å². The maximum absolute atomic E-state index is 11.7. The van der Waals surface area contributed by atoms with Gasteiger partial charge in [-0.05, 0) is 11.0 Å². The summed E-state index contributed by atoms with van der Waals surface area (Å²) in [6.07, 6.45) is 0. The van der Waals surface area contributed by atoms with Gasteiger partial charge in [0.05, 0.1) is 0 Å². The topological polar surface area (TPSA) is 92.7 Å². The van der Waals surface area contributed by atoms with E-state index in [1.54, 1.807) is 45.0 Å². The van der Waals surface area contributed by atoms with E-state index in [-0.39, 0.29) is 6.61 Å². The molecule has 1 aromatic rings. The van der Waals surface area contributed by atoms with E-state index in [4.69, 9.17) is 9.84 Å². The second kappa shape index (κ2) is 6.88. The Kier molecular flexibility index (Phi) is 5.46. The maximum Gasteiger partial charge on any atom is 0.397 e. The Bertz CT molecular complexity index is 519. The number of hydrogen-bond acceptors (Lipinski definition) is 4. The molecular weight excluding hydrogens is 274 g/mol. The highest BCUT2D eigenvalue weighted by atomic mass is 16.5. The number of nitrogens with one attached hydrogen (secondary N) is 1. The number of carbonyl (C=O) groups excluding carboxylic acids is 2. The molecule has 0 aliphatic rings. The lowest BCUT2D eigenvalue weighted by Crippen LogP contribution is -2.51. The number of carbonyl (C=O) groups is 3. The fourth-order valence-corrected chi connectivity index (χ4v) is 1.63. The number of amides is 1. The number of rotatable bonds is 4. The van der Waals surface area contributed by atoms with Crippen LogP contribution in [0.4, 0.5) is 0 Å². The molecule has 1 aromatic carbocycles. The third-order valence-corrected chi connectivity index (χ3v) is 2.79. The lowest BCUT2D eigenvalue weighted by Gasteiger charge is -2.27. The SMILES string of the molecule is CC(C)(C)[C@H](NC(=O)C(=O)OCc1ccccc1)C(=O)O. The van der Waals surface area contributed by atoms with Gasteiger partial charge >= 0.3 is 17.8 Å². The Balaban J connectivity index is 2.58. The van der Waals surface area contributed by atoms with Gasteiger partial charge in [0.25, 0.3) is 0 Å². The molecule has 0 aromatic heterocycles. The van der Waals surface area contributed by atoms with Gasteiger partial charge in [0.2, 0.25) is 0 Å². The number of aliphatic carboxylic acids is 1. The molecule has 0 heterocycles. The highest BCUT2D eigenvalue weighted by Crippen LogP contribution is 2.19. The summed E-state index contributed by atoms with van der Waals surface area (Å²) in [4.78, 5) is 34.4. The molecule has 1 amide bonds.